The van der Waals surface area contributed by atoms with E-state index in [-0.39, 0.29) is 8.88 Å². The van der Waals surface area contributed by atoms with Crippen molar-refractivity contribution < 1.29 is 12.4 Å². The quantitative estimate of drug-likeness (QED) is 0.876. The zero-order valence-corrected chi connectivity index (χ0v) is 11.3. The van der Waals surface area contributed by atoms with Crippen LogP contribution in [0, 0.1) is 6.92 Å². The number of anilines is 1. The summed E-state index contributed by atoms with van der Waals surface area (Å²) in [6.07, 6.45) is 0. The molecule has 2 N–H and O–H groups in total. The lowest BCUT2D eigenvalue weighted by molar-refractivity contribution is 0.0388. The van der Waals surface area contributed by atoms with E-state index in [0.29, 0.717) is 6.54 Å². The van der Waals surface area contributed by atoms with Crippen molar-refractivity contribution in [3.05, 3.63) is 29.8 Å². The molecule has 1 saturated heterocycles. The number of benzene rings is 1. The van der Waals surface area contributed by atoms with Crippen LogP contribution in [-0.2, 0) is 4.74 Å². The molecule has 1 aliphatic heterocycles. The predicted octanol–water partition coefficient (Wildman–Crippen LogP) is 1.94. The molecular weight excluding hydrogens is 242 g/mol. The first kappa shape index (κ1) is 13.8. The van der Waals surface area contributed by atoms with Gasteiger partial charge in [-0.1, -0.05) is 17.7 Å². The number of hydrogen-bond donors (Lipinski definition) is 2. The van der Waals surface area contributed by atoms with Gasteiger partial charge in [-0.15, -0.1) is 0 Å². The summed E-state index contributed by atoms with van der Waals surface area (Å²) in [4.78, 5) is 14.0. The second-order valence-electron chi connectivity index (χ2n) is 4.70. The monoisotopic (exact) mass is 267 g/mol. The van der Waals surface area contributed by atoms with Crippen LogP contribution in [0.5, 0.6) is 0 Å². The van der Waals surface area contributed by atoms with Crippen LogP contribution in [0.2, 0.25) is 0 Å². The molecule has 1 aromatic rings. The summed E-state index contributed by atoms with van der Waals surface area (Å²) in [7, 11) is 0. The third-order valence-electron chi connectivity index (χ3n) is 3.13. The number of carbonyl (C=O) groups excluding carboxylic acids is 1. The van der Waals surface area contributed by atoms with E-state index in [9.17, 15) is 4.79 Å². The number of nitrogens with zero attached hydrogens (tertiary/aromatic N) is 1. The molecular formula is C14H25N3O2. The maximum atomic E-state index is 11.7. The average Bonchev–Trinajstić information content (AvgIpc) is 2.43. The molecule has 108 valence electrons. The van der Waals surface area contributed by atoms with Crippen molar-refractivity contribution in [1.29, 1.82) is 0 Å². The van der Waals surface area contributed by atoms with E-state index in [0.717, 1.165) is 38.5 Å². The molecule has 2 rings (SSSR count). The largest absolute Gasteiger partial charge is 0.379 e. The molecule has 1 heterocycles. The Morgan fingerprint density at radius 2 is 2.00 bits per heavy atom. The molecule has 0 bridgehead atoms. The Hall–Kier alpha value is -1.59. The SMILES string of the molecule is Cc1ccc(NC(=O)NCCN2CCOCC2)cc1.[HH].[HH]. The summed E-state index contributed by atoms with van der Waals surface area (Å²) in [6.45, 7) is 7.00. The highest BCUT2D eigenvalue weighted by molar-refractivity contribution is 5.89. The van der Waals surface area contributed by atoms with Gasteiger partial charge in [0.15, 0.2) is 0 Å². The van der Waals surface area contributed by atoms with Crippen LogP contribution in [0.4, 0.5) is 10.5 Å². The molecule has 0 unspecified atom stereocenters. The Labute approximate surface area is 116 Å². The Morgan fingerprint density at radius 1 is 1.32 bits per heavy atom. The van der Waals surface area contributed by atoms with E-state index in [1.807, 2.05) is 31.2 Å². The number of aryl methyl sites for hydroxylation is 1. The summed E-state index contributed by atoms with van der Waals surface area (Å²) >= 11 is 0. The van der Waals surface area contributed by atoms with Crippen molar-refractivity contribution in [2.45, 2.75) is 6.92 Å². The molecule has 19 heavy (non-hydrogen) atoms. The first-order chi connectivity index (χ1) is 9.24. The van der Waals surface area contributed by atoms with E-state index >= 15 is 0 Å². The van der Waals surface area contributed by atoms with E-state index in [2.05, 4.69) is 15.5 Å². The molecule has 0 radical (unpaired) electrons. The number of amides is 2. The summed E-state index contributed by atoms with van der Waals surface area (Å²) in [5, 5.41) is 5.67. The van der Waals surface area contributed by atoms with E-state index in [4.69, 9.17) is 4.74 Å². The van der Waals surface area contributed by atoms with Gasteiger partial charge < -0.3 is 15.4 Å². The van der Waals surface area contributed by atoms with Crippen molar-refractivity contribution in [3.8, 4) is 0 Å². The fraction of sp³-hybridized carbons (Fsp3) is 0.500. The number of morpholine rings is 1. The Morgan fingerprint density at radius 3 is 2.68 bits per heavy atom. The van der Waals surface area contributed by atoms with Crippen molar-refractivity contribution in [2.75, 3.05) is 44.7 Å². The topological polar surface area (TPSA) is 53.6 Å². The first-order valence-corrected chi connectivity index (χ1v) is 6.66. The van der Waals surface area contributed by atoms with Crippen molar-refractivity contribution >= 4 is 11.7 Å². The van der Waals surface area contributed by atoms with Gasteiger partial charge in [0.25, 0.3) is 0 Å². The highest BCUT2D eigenvalue weighted by Gasteiger charge is 2.09. The van der Waals surface area contributed by atoms with E-state index < -0.39 is 0 Å². The maximum Gasteiger partial charge on any atom is 0.319 e. The third-order valence-corrected chi connectivity index (χ3v) is 3.13. The van der Waals surface area contributed by atoms with Gasteiger partial charge in [-0.05, 0) is 19.1 Å². The van der Waals surface area contributed by atoms with Gasteiger partial charge in [0, 0.05) is 34.7 Å². The number of urea groups is 1. The highest BCUT2D eigenvalue weighted by Crippen LogP contribution is 2.07. The highest BCUT2D eigenvalue weighted by atomic mass is 16.5. The van der Waals surface area contributed by atoms with Crippen LogP contribution < -0.4 is 10.6 Å². The maximum absolute atomic E-state index is 11.7. The predicted molar refractivity (Wildman–Crippen MR) is 79.7 cm³/mol. The van der Waals surface area contributed by atoms with Gasteiger partial charge in [0.1, 0.15) is 0 Å². The minimum atomic E-state index is -0.155. The second-order valence-corrected chi connectivity index (χ2v) is 4.70. The molecule has 1 fully saturated rings. The average molecular weight is 267 g/mol. The van der Waals surface area contributed by atoms with Gasteiger partial charge in [-0.3, -0.25) is 4.90 Å². The van der Waals surface area contributed by atoms with Crippen LogP contribution >= 0.6 is 0 Å². The lowest BCUT2D eigenvalue weighted by atomic mass is 10.2. The summed E-state index contributed by atoms with van der Waals surface area (Å²) in [5.74, 6) is 0. The number of carbonyl (C=O) groups is 1. The van der Waals surface area contributed by atoms with Gasteiger partial charge >= 0.3 is 6.03 Å². The van der Waals surface area contributed by atoms with Gasteiger partial charge in [-0.25, -0.2) is 4.79 Å². The Kier molecular flexibility index (Phi) is 5.18. The zero-order chi connectivity index (χ0) is 13.5. The Balaban J connectivity index is 0.00000200. The van der Waals surface area contributed by atoms with Crippen LogP contribution in [-0.4, -0.2) is 50.3 Å². The first-order valence-electron chi connectivity index (χ1n) is 6.66. The Bertz CT molecular complexity index is 409. The third kappa shape index (κ3) is 4.89. The number of hydrogen-bond acceptors (Lipinski definition) is 3. The van der Waals surface area contributed by atoms with E-state index in [1.165, 1.54) is 5.56 Å². The van der Waals surface area contributed by atoms with Gasteiger partial charge in [-0.2, -0.15) is 0 Å². The van der Waals surface area contributed by atoms with Gasteiger partial charge in [0.05, 0.1) is 13.2 Å². The summed E-state index contributed by atoms with van der Waals surface area (Å²) in [6, 6.07) is 7.60. The smallest absolute Gasteiger partial charge is 0.319 e. The molecule has 0 atom stereocenters. The molecule has 0 saturated carbocycles. The molecule has 1 aromatic carbocycles. The number of ether oxygens (including phenoxy) is 1. The summed E-state index contributed by atoms with van der Waals surface area (Å²) in [5.41, 5.74) is 1.99. The van der Waals surface area contributed by atoms with Crippen LogP contribution in [0.25, 0.3) is 0 Å². The molecule has 0 spiro atoms. The van der Waals surface area contributed by atoms with Crippen LogP contribution in [0.15, 0.2) is 24.3 Å². The fourth-order valence-electron chi connectivity index (χ4n) is 1.96. The minimum Gasteiger partial charge on any atom is -0.379 e. The molecule has 1 aliphatic rings. The lowest BCUT2D eigenvalue weighted by Crippen LogP contribution is -2.42. The fourth-order valence-corrected chi connectivity index (χ4v) is 1.96. The zero-order valence-electron chi connectivity index (χ0n) is 11.3. The van der Waals surface area contributed by atoms with Crippen molar-refractivity contribution in [3.63, 3.8) is 0 Å². The van der Waals surface area contributed by atoms with Crippen LogP contribution in [0.3, 0.4) is 0 Å². The second kappa shape index (κ2) is 7.11. The minimum absolute atomic E-state index is 0. The van der Waals surface area contributed by atoms with Crippen molar-refractivity contribution in [1.82, 2.24) is 10.2 Å². The number of nitrogens with one attached hydrogen (secondary N) is 2. The number of rotatable bonds is 4. The molecule has 5 heteroatoms. The molecule has 5 nitrogen and oxygen atoms in total. The van der Waals surface area contributed by atoms with Crippen molar-refractivity contribution in [2.24, 2.45) is 0 Å². The molecule has 0 aliphatic carbocycles. The lowest BCUT2D eigenvalue weighted by Gasteiger charge is -2.26. The van der Waals surface area contributed by atoms with E-state index in [1.54, 1.807) is 0 Å². The standard InChI is InChI=1S/C14H21N3O2.2H2/c1-12-2-4-13(5-3-12)16-14(18)15-6-7-17-8-10-19-11-9-17;;/h2-5H,6-11H2,1H3,(H2,15,16,18);2*1H. The summed E-state index contributed by atoms with van der Waals surface area (Å²) < 4.78 is 5.27. The normalized spacial score (nSPS) is 16.1. The molecule has 0 aromatic heterocycles. The molecule has 2 amide bonds. The van der Waals surface area contributed by atoms with Crippen LogP contribution in [0.1, 0.15) is 8.42 Å². The van der Waals surface area contributed by atoms with Gasteiger partial charge in [0.2, 0.25) is 0 Å².